The van der Waals surface area contributed by atoms with E-state index in [0.29, 0.717) is 12.4 Å². The minimum atomic E-state index is -0.554. The Morgan fingerprint density at radius 1 is 1.37 bits per heavy atom. The summed E-state index contributed by atoms with van der Waals surface area (Å²) in [6.07, 6.45) is 0. The van der Waals surface area contributed by atoms with Crippen molar-refractivity contribution in [1.82, 2.24) is 20.6 Å². The number of rotatable bonds is 4. The number of carbonyl (C=O) groups excluding carboxylic acids is 2. The average molecular weight is 260 g/mol. The molecule has 0 saturated heterocycles. The van der Waals surface area contributed by atoms with Crippen molar-refractivity contribution in [3.63, 3.8) is 0 Å². The number of H-pyrrole nitrogens is 1. The Labute approximate surface area is 110 Å². The number of amides is 2. The number of aromatic nitrogens is 2. The number of hydrogen-bond donors (Lipinski definition) is 3. The lowest BCUT2D eigenvalue weighted by Crippen LogP contribution is -2.43. The molecule has 3 N–H and O–H groups in total. The number of nitrogens with one attached hydrogen (secondary N) is 3. The van der Waals surface area contributed by atoms with Crippen LogP contribution in [0.5, 0.6) is 0 Å². The van der Waals surface area contributed by atoms with Gasteiger partial charge in [-0.25, -0.2) is 4.98 Å². The molecule has 100 valence electrons. The summed E-state index contributed by atoms with van der Waals surface area (Å²) in [4.78, 5) is 30.0. The smallest absolute Gasteiger partial charge is 0.242 e. The maximum atomic E-state index is 11.7. The summed E-state index contributed by atoms with van der Waals surface area (Å²) >= 11 is 0. The molecule has 0 saturated carbocycles. The fraction of sp³-hybridized carbons (Fsp3) is 0.308. The van der Waals surface area contributed by atoms with E-state index in [0.717, 1.165) is 11.0 Å². The van der Waals surface area contributed by atoms with Crippen LogP contribution in [0, 0.1) is 0 Å². The Hall–Kier alpha value is -2.37. The van der Waals surface area contributed by atoms with Gasteiger partial charge in [0.15, 0.2) is 0 Å². The van der Waals surface area contributed by atoms with Gasteiger partial charge in [-0.2, -0.15) is 0 Å². The van der Waals surface area contributed by atoms with Crippen LogP contribution in [0.4, 0.5) is 0 Å². The Morgan fingerprint density at radius 2 is 2.11 bits per heavy atom. The Bertz CT molecular complexity index is 572. The molecule has 0 bridgehead atoms. The highest BCUT2D eigenvalue weighted by atomic mass is 16.2. The summed E-state index contributed by atoms with van der Waals surface area (Å²) in [5.41, 5.74) is 1.79. The first-order chi connectivity index (χ1) is 9.06. The largest absolute Gasteiger partial charge is 0.347 e. The van der Waals surface area contributed by atoms with Crippen LogP contribution in [0.1, 0.15) is 19.7 Å². The van der Waals surface area contributed by atoms with Gasteiger partial charge in [0, 0.05) is 6.92 Å². The molecule has 0 fully saturated rings. The molecular formula is C13H16N4O2. The van der Waals surface area contributed by atoms with Crippen LogP contribution in [-0.4, -0.2) is 27.8 Å². The van der Waals surface area contributed by atoms with Gasteiger partial charge in [-0.3, -0.25) is 9.59 Å². The summed E-state index contributed by atoms with van der Waals surface area (Å²) < 4.78 is 0. The molecule has 0 aliphatic carbocycles. The van der Waals surface area contributed by atoms with Crippen LogP contribution in [0.3, 0.4) is 0 Å². The number of nitrogens with zero attached hydrogens (tertiary/aromatic N) is 1. The van der Waals surface area contributed by atoms with E-state index in [-0.39, 0.29) is 11.8 Å². The first-order valence-electron chi connectivity index (χ1n) is 6.04. The molecule has 2 rings (SSSR count). The number of para-hydroxylation sites is 2. The molecule has 0 aliphatic heterocycles. The zero-order valence-corrected chi connectivity index (χ0v) is 10.9. The average Bonchev–Trinajstić information content (AvgIpc) is 2.77. The first-order valence-corrected chi connectivity index (χ1v) is 6.04. The van der Waals surface area contributed by atoms with Crippen molar-refractivity contribution in [1.29, 1.82) is 0 Å². The second-order valence-corrected chi connectivity index (χ2v) is 4.34. The Morgan fingerprint density at radius 3 is 2.79 bits per heavy atom. The molecule has 0 unspecified atom stereocenters. The monoisotopic (exact) mass is 260 g/mol. The molecule has 2 aromatic rings. The van der Waals surface area contributed by atoms with Crippen LogP contribution in [0.25, 0.3) is 11.0 Å². The van der Waals surface area contributed by atoms with Crippen molar-refractivity contribution in [2.45, 2.75) is 26.4 Å². The molecule has 19 heavy (non-hydrogen) atoms. The van der Waals surface area contributed by atoms with E-state index in [1.54, 1.807) is 6.92 Å². The van der Waals surface area contributed by atoms with Gasteiger partial charge in [0.2, 0.25) is 11.8 Å². The molecule has 2 amide bonds. The number of fused-ring (bicyclic) bond motifs is 1. The van der Waals surface area contributed by atoms with Crippen molar-refractivity contribution in [3.8, 4) is 0 Å². The standard InChI is InChI=1S/C13H16N4O2/c1-8(15-9(2)18)13(19)14-7-12-16-10-5-3-4-6-11(10)17-12/h3-6,8H,7H2,1-2H3,(H,14,19)(H,15,18)(H,16,17)/t8-/m1/s1. The lowest BCUT2D eigenvalue weighted by Gasteiger charge is -2.11. The van der Waals surface area contributed by atoms with Gasteiger partial charge < -0.3 is 15.6 Å². The van der Waals surface area contributed by atoms with Crippen LogP contribution >= 0.6 is 0 Å². The van der Waals surface area contributed by atoms with Crippen molar-refractivity contribution >= 4 is 22.8 Å². The van der Waals surface area contributed by atoms with Gasteiger partial charge in [-0.1, -0.05) is 12.1 Å². The fourth-order valence-corrected chi connectivity index (χ4v) is 1.78. The van der Waals surface area contributed by atoms with Gasteiger partial charge in [0.1, 0.15) is 11.9 Å². The van der Waals surface area contributed by atoms with Crippen LogP contribution < -0.4 is 10.6 Å². The fourth-order valence-electron chi connectivity index (χ4n) is 1.78. The van der Waals surface area contributed by atoms with E-state index in [1.165, 1.54) is 6.92 Å². The summed E-state index contributed by atoms with van der Waals surface area (Å²) in [6.45, 7) is 3.32. The molecule has 1 atom stereocenters. The SMILES string of the molecule is CC(=O)N[C@H](C)C(=O)NCc1nc2ccccc2[nH]1. The third kappa shape index (κ3) is 3.31. The predicted octanol–water partition coefficient (Wildman–Crippen LogP) is 0.704. The second kappa shape index (κ2) is 5.51. The van der Waals surface area contributed by atoms with Crippen molar-refractivity contribution in [2.75, 3.05) is 0 Å². The van der Waals surface area contributed by atoms with Gasteiger partial charge in [0.05, 0.1) is 17.6 Å². The van der Waals surface area contributed by atoms with Crippen LogP contribution in [0.2, 0.25) is 0 Å². The van der Waals surface area contributed by atoms with Crippen LogP contribution in [-0.2, 0) is 16.1 Å². The predicted molar refractivity (Wildman–Crippen MR) is 71.2 cm³/mol. The normalized spacial score (nSPS) is 12.1. The number of carbonyl (C=O) groups is 2. The second-order valence-electron chi connectivity index (χ2n) is 4.34. The topological polar surface area (TPSA) is 86.9 Å². The lowest BCUT2D eigenvalue weighted by molar-refractivity contribution is -0.127. The zero-order valence-electron chi connectivity index (χ0n) is 10.9. The third-order valence-electron chi connectivity index (χ3n) is 2.68. The molecule has 6 heteroatoms. The van der Waals surface area contributed by atoms with Gasteiger partial charge in [-0.15, -0.1) is 0 Å². The molecule has 1 aromatic heterocycles. The summed E-state index contributed by atoms with van der Waals surface area (Å²) in [5.74, 6) is 0.214. The molecule has 0 aliphatic rings. The molecule has 1 aromatic carbocycles. The Balaban J connectivity index is 1.94. The molecular weight excluding hydrogens is 244 g/mol. The summed E-state index contributed by atoms with van der Waals surface area (Å²) in [7, 11) is 0. The highest BCUT2D eigenvalue weighted by Crippen LogP contribution is 2.09. The highest BCUT2D eigenvalue weighted by molar-refractivity contribution is 5.86. The van der Waals surface area contributed by atoms with Crippen LogP contribution in [0.15, 0.2) is 24.3 Å². The number of hydrogen-bond acceptors (Lipinski definition) is 3. The molecule has 1 heterocycles. The van der Waals surface area contributed by atoms with E-state index >= 15 is 0 Å². The van der Waals surface area contributed by atoms with E-state index < -0.39 is 6.04 Å². The van der Waals surface area contributed by atoms with E-state index in [9.17, 15) is 9.59 Å². The van der Waals surface area contributed by atoms with E-state index in [1.807, 2.05) is 24.3 Å². The van der Waals surface area contributed by atoms with Crippen molar-refractivity contribution < 1.29 is 9.59 Å². The van der Waals surface area contributed by atoms with E-state index in [4.69, 9.17) is 0 Å². The van der Waals surface area contributed by atoms with Gasteiger partial charge in [-0.05, 0) is 19.1 Å². The van der Waals surface area contributed by atoms with Crippen molar-refractivity contribution in [2.24, 2.45) is 0 Å². The quantitative estimate of drug-likeness (QED) is 0.756. The number of aromatic amines is 1. The Kier molecular flexibility index (Phi) is 3.79. The summed E-state index contributed by atoms with van der Waals surface area (Å²) in [6, 6.07) is 7.10. The first kappa shape index (κ1) is 13.1. The molecule has 0 spiro atoms. The summed E-state index contributed by atoms with van der Waals surface area (Å²) in [5, 5.41) is 5.24. The lowest BCUT2D eigenvalue weighted by atomic mass is 10.3. The number of benzene rings is 1. The highest BCUT2D eigenvalue weighted by Gasteiger charge is 2.13. The maximum Gasteiger partial charge on any atom is 0.242 e. The minimum absolute atomic E-state index is 0.230. The minimum Gasteiger partial charge on any atom is -0.347 e. The molecule has 0 radical (unpaired) electrons. The van der Waals surface area contributed by atoms with Gasteiger partial charge >= 0.3 is 0 Å². The maximum absolute atomic E-state index is 11.7. The van der Waals surface area contributed by atoms with E-state index in [2.05, 4.69) is 20.6 Å². The zero-order chi connectivity index (χ0) is 13.8. The number of imidazole rings is 1. The molecule has 6 nitrogen and oxygen atoms in total. The van der Waals surface area contributed by atoms with Crippen molar-refractivity contribution in [3.05, 3.63) is 30.1 Å². The van der Waals surface area contributed by atoms with Gasteiger partial charge in [0.25, 0.3) is 0 Å². The third-order valence-corrected chi connectivity index (χ3v) is 2.68.